The van der Waals surface area contributed by atoms with Gasteiger partial charge in [0.15, 0.2) is 0 Å². The number of allylic oxidation sites excluding steroid dienone is 4. The van der Waals surface area contributed by atoms with Crippen molar-refractivity contribution in [2.45, 2.75) is 12.8 Å². The van der Waals surface area contributed by atoms with Gasteiger partial charge in [-0.25, -0.2) is 0 Å². The van der Waals surface area contributed by atoms with E-state index in [1.807, 2.05) is 18.6 Å². The van der Waals surface area contributed by atoms with Gasteiger partial charge in [0, 0.05) is 46.2 Å². The average Bonchev–Trinajstić information content (AvgIpc) is 3.54. The van der Waals surface area contributed by atoms with Crippen LogP contribution < -0.4 is 0 Å². The number of nitrogens with zero attached hydrogens (tertiary/aromatic N) is 3. The molecule has 6 aromatic carbocycles. The van der Waals surface area contributed by atoms with Crippen molar-refractivity contribution in [2.24, 2.45) is 0 Å². The van der Waals surface area contributed by atoms with Gasteiger partial charge in [0.1, 0.15) is 0 Å². The van der Waals surface area contributed by atoms with Gasteiger partial charge >= 0.3 is 0 Å². The average molecular weight is 652 g/mol. The molecule has 1 aliphatic carbocycles. The van der Waals surface area contributed by atoms with Gasteiger partial charge in [-0.05, 0) is 105 Å². The summed E-state index contributed by atoms with van der Waals surface area (Å²) in [6, 6.07) is 50.3. The van der Waals surface area contributed by atoms with Crippen LogP contribution in [0.1, 0.15) is 18.4 Å². The van der Waals surface area contributed by atoms with Gasteiger partial charge in [0.25, 0.3) is 0 Å². The molecule has 10 rings (SSSR count). The molecule has 0 aliphatic heterocycles. The molecule has 0 unspecified atom stereocenters. The van der Waals surface area contributed by atoms with Crippen molar-refractivity contribution < 1.29 is 0 Å². The van der Waals surface area contributed by atoms with Crippen LogP contribution in [0.25, 0.3) is 88.1 Å². The minimum Gasteiger partial charge on any atom is -0.309 e. The zero-order valence-corrected chi connectivity index (χ0v) is 28.0. The monoisotopic (exact) mass is 651 g/mol. The molecule has 0 fully saturated rings. The van der Waals surface area contributed by atoms with E-state index in [4.69, 9.17) is 4.98 Å². The maximum Gasteiger partial charge on any atom is 0.0702 e. The first-order valence-corrected chi connectivity index (χ1v) is 17.6. The van der Waals surface area contributed by atoms with Crippen molar-refractivity contribution in [3.05, 3.63) is 182 Å². The first-order valence-electron chi connectivity index (χ1n) is 17.6. The van der Waals surface area contributed by atoms with Crippen LogP contribution in [0.15, 0.2) is 176 Å². The fraction of sp³-hybridized carbons (Fsp3) is 0.0417. The van der Waals surface area contributed by atoms with Crippen LogP contribution in [0.4, 0.5) is 0 Å². The molecule has 0 spiro atoms. The predicted octanol–water partition coefficient (Wildman–Crippen LogP) is 12.6. The molecule has 0 bridgehead atoms. The molecule has 0 N–H and O–H groups in total. The minimum absolute atomic E-state index is 0.945. The Bertz CT molecular complexity index is 2820. The standard InChI is InChI=1S/C48H33N3/c1-4-12-32(13-5-1)47-38-18-10-11-19-39(38)48(33-14-6-2-7-15-33)42-28-34(20-23-40(42)47)36-21-24-44(50-30-36)35-22-25-45-41(29-35)43-31-49-27-26-46(43)51(45)37-16-8-3-9-17-37/h2-4,6-31H,1,5H2. The van der Waals surface area contributed by atoms with Crippen molar-refractivity contribution >= 4 is 48.9 Å². The van der Waals surface area contributed by atoms with Crippen LogP contribution in [0.2, 0.25) is 0 Å². The Hall–Kier alpha value is -6.58. The first kappa shape index (κ1) is 29.3. The molecule has 0 amide bonds. The molecule has 0 saturated heterocycles. The Morgan fingerprint density at radius 3 is 1.96 bits per heavy atom. The van der Waals surface area contributed by atoms with E-state index in [9.17, 15) is 0 Å². The number of benzene rings is 6. The summed E-state index contributed by atoms with van der Waals surface area (Å²) in [4.78, 5) is 9.52. The van der Waals surface area contributed by atoms with E-state index in [2.05, 4.69) is 167 Å². The predicted molar refractivity (Wildman–Crippen MR) is 214 cm³/mol. The lowest BCUT2D eigenvalue weighted by Crippen LogP contribution is -1.95. The quantitative estimate of drug-likeness (QED) is 0.173. The number of aromatic nitrogens is 3. The van der Waals surface area contributed by atoms with E-state index in [0.717, 1.165) is 57.3 Å². The number of hydrogen-bond acceptors (Lipinski definition) is 2. The number of para-hydroxylation sites is 1. The number of pyridine rings is 2. The molecule has 0 saturated carbocycles. The normalized spacial score (nSPS) is 13.0. The smallest absolute Gasteiger partial charge is 0.0702 e. The molecule has 240 valence electrons. The highest BCUT2D eigenvalue weighted by Gasteiger charge is 2.19. The van der Waals surface area contributed by atoms with E-state index in [0.29, 0.717) is 0 Å². The van der Waals surface area contributed by atoms with Gasteiger partial charge < -0.3 is 4.57 Å². The van der Waals surface area contributed by atoms with Crippen LogP contribution in [-0.4, -0.2) is 14.5 Å². The lowest BCUT2D eigenvalue weighted by atomic mass is 9.84. The zero-order valence-electron chi connectivity index (χ0n) is 28.0. The second kappa shape index (κ2) is 12.1. The van der Waals surface area contributed by atoms with Gasteiger partial charge in [0.2, 0.25) is 0 Å². The summed E-state index contributed by atoms with van der Waals surface area (Å²) in [5.74, 6) is 0. The largest absolute Gasteiger partial charge is 0.309 e. The number of fused-ring (bicyclic) bond motifs is 5. The Kier molecular flexibility index (Phi) is 6.95. The van der Waals surface area contributed by atoms with Crippen molar-refractivity contribution in [2.75, 3.05) is 0 Å². The number of hydrogen-bond donors (Lipinski definition) is 0. The Labute approximate surface area is 296 Å². The summed E-state index contributed by atoms with van der Waals surface area (Å²) in [5, 5.41) is 7.39. The lowest BCUT2D eigenvalue weighted by Gasteiger charge is -2.20. The van der Waals surface area contributed by atoms with Crippen LogP contribution in [0, 0.1) is 0 Å². The molecule has 0 radical (unpaired) electrons. The van der Waals surface area contributed by atoms with E-state index in [1.165, 1.54) is 49.2 Å². The Balaban J connectivity index is 1.11. The molecule has 1 aliphatic rings. The van der Waals surface area contributed by atoms with E-state index >= 15 is 0 Å². The van der Waals surface area contributed by atoms with Crippen molar-refractivity contribution in [3.63, 3.8) is 0 Å². The van der Waals surface area contributed by atoms with Crippen LogP contribution in [-0.2, 0) is 0 Å². The third kappa shape index (κ3) is 4.89. The summed E-state index contributed by atoms with van der Waals surface area (Å²) >= 11 is 0. The second-order valence-corrected chi connectivity index (χ2v) is 13.3. The summed E-state index contributed by atoms with van der Waals surface area (Å²) < 4.78 is 2.31. The van der Waals surface area contributed by atoms with Gasteiger partial charge in [-0.3, -0.25) is 9.97 Å². The summed E-state index contributed by atoms with van der Waals surface area (Å²) in [7, 11) is 0. The van der Waals surface area contributed by atoms with E-state index < -0.39 is 0 Å². The SMILES string of the molecule is C1=CC(c2c3ccccc3c(-c3ccccc3)c3cc(-c4ccc(-c5ccc6c(c5)c5cnccc5n6-c5ccccc5)nc4)ccc23)=CCC1. The van der Waals surface area contributed by atoms with Crippen molar-refractivity contribution in [1.82, 2.24) is 14.5 Å². The molecule has 3 aromatic heterocycles. The van der Waals surface area contributed by atoms with Crippen molar-refractivity contribution in [3.8, 4) is 39.2 Å². The van der Waals surface area contributed by atoms with Crippen LogP contribution in [0.5, 0.6) is 0 Å². The third-order valence-electron chi connectivity index (χ3n) is 10.3. The second-order valence-electron chi connectivity index (χ2n) is 13.3. The molecule has 3 nitrogen and oxygen atoms in total. The van der Waals surface area contributed by atoms with Gasteiger partial charge in [-0.2, -0.15) is 0 Å². The van der Waals surface area contributed by atoms with Gasteiger partial charge in [-0.15, -0.1) is 0 Å². The summed E-state index contributed by atoms with van der Waals surface area (Å²) in [6.07, 6.45) is 15.0. The topological polar surface area (TPSA) is 30.7 Å². The highest BCUT2D eigenvalue weighted by atomic mass is 15.0. The Morgan fingerprint density at radius 2 is 1.18 bits per heavy atom. The molecule has 9 aromatic rings. The molecular formula is C48H33N3. The molecule has 3 heterocycles. The summed E-state index contributed by atoms with van der Waals surface area (Å²) in [5.41, 5.74) is 12.8. The Morgan fingerprint density at radius 1 is 0.471 bits per heavy atom. The van der Waals surface area contributed by atoms with Crippen molar-refractivity contribution in [1.29, 1.82) is 0 Å². The molecule has 3 heteroatoms. The van der Waals surface area contributed by atoms with Gasteiger partial charge in [-0.1, -0.05) is 115 Å². The van der Waals surface area contributed by atoms with E-state index in [1.54, 1.807) is 0 Å². The van der Waals surface area contributed by atoms with E-state index in [-0.39, 0.29) is 0 Å². The molecule has 0 atom stereocenters. The zero-order chi connectivity index (χ0) is 33.7. The maximum atomic E-state index is 5.04. The minimum atomic E-state index is 0.945. The highest BCUT2D eigenvalue weighted by Crippen LogP contribution is 2.44. The first-order chi connectivity index (χ1) is 25.3. The number of rotatable bonds is 5. The fourth-order valence-corrected chi connectivity index (χ4v) is 8.00. The summed E-state index contributed by atoms with van der Waals surface area (Å²) in [6.45, 7) is 0. The van der Waals surface area contributed by atoms with Crippen LogP contribution >= 0.6 is 0 Å². The maximum absolute atomic E-state index is 5.04. The lowest BCUT2D eigenvalue weighted by molar-refractivity contribution is 1.04. The molecule has 51 heavy (non-hydrogen) atoms. The van der Waals surface area contributed by atoms with Crippen LogP contribution in [0.3, 0.4) is 0 Å². The fourth-order valence-electron chi connectivity index (χ4n) is 8.00. The third-order valence-corrected chi connectivity index (χ3v) is 10.3. The molecular weight excluding hydrogens is 619 g/mol. The van der Waals surface area contributed by atoms with Gasteiger partial charge in [0.05, 0.1) is 16.7 Å². The highest BCUT2D eigenvalue weighted by molar-refractivity contribution is 6.20.